The lowest BCUT2D eigenvalue weighted by atomic mass is 9.93. The molecule has 1 aromatic heterocycles. The van der Waals surface area contributed by atoms with E-state index in [4.69, 9.17) is 17.3 Å². The van der Waals surface area contributed by atoms with Crippen LogP contribution in [0.5, 0.6) is 0 Å². The molecule has 1 unspecified atom stereocenters. The standard InChI is InChI=1S/C14H14ClN3/c15-11-5-2-1-4-9(11)14-17-8-10-12(16)6-3-7-13(10)18-14/h1-2,4-5,8,12H,3,6-7,16H2. The number of rotatable bonds is 1. The number of halogens is 1. The van der Waals surface area contributed by atoms with Gasteiger partial charge in [-0.1, -0.05) is 23.7 Å². The molecule has 1 aromatic carbocycles. The summed E-state index contributed by atoms with van der Waals surface area (Å²) in [6.07, 6.45) is 4.93. The molecular formula is C14H14ClN3. The van der Waals surface area contributed by atoms with Gasteiger partial charge in [0.1, 0.15) is 0 Å². The van der Waals surface area contributed by atoms with Crippen molar-refractivity contribution in [2.75, 3.05) is 0 Å². The van der Waals surface area contributed by atoms with Crippen molar-refractivity contribution in [3.05, 3.63) is 46.7 Å². The van der Waals surface area contributed by atoms with Gasteiger partial charge in [-0.25, -0.2) is 9.97 Å². The van der Waals surface area contributed by atoms with Gasteiger partial charge < -0.3 is 5.73 Å². The Morgan fingerprint density at radius 3 is 2.94 bits per heavy atom. The van der Waals surface area contributed by atoms with Gasteiger partial charge in [0.2, 0.25) is 0 Å². The van der Waals surface area contributed by atoms with E-state index in [2.05, 4.69) is 9.97 Å². The van der Waals surface area contributed by atoms with E-state index in [0.717, 1.165) is 36.1 Å². The first kappa shape index (κ1) is 11.6. The summed E-state index contributed by atoms with van der Waals surface area (Å²) in [4.78, 5) is 9.02. The average molecular weight is 260 g/mol. The van der Waals surface area contributed by atoms with Crippen LogP contribution in [0.4, 0.5) is 0 Å². The molecule has 1 aliphatic carbocycles. The summed E-state index contributed by atoms with van der Waals surface area (Å²) in [6, 6.07) is 7.71. The molecule has 0 aliphatic heterocycles. The highest BCUT2D eigenvalue weighted by molar-refractivity contribution is 6.33. The molecule has 18 heavy (non-hydrogen) atoms. The lowest BCUT2D eigenvalue weighted by molar-refractivity contribution is 0.557. The monoisotopic (exact) mass is 259 g/mol. The first-order valence-corrected chi connectivity index (χ1v) is 6.50. The van der Waals surface area contributed by atoms with E-state index in [1.807, 2.05) is 30.5 Å². The first-order valence-electron chi connectivity index (χ1n) is 6.12. The molecule has 0 amide bonds. The minimum absolute atomic E-state index is 0.0778. The van der Waals surface area contributed by atoms with E-state index in [-0.39, 0.29) is 6.04 Å². The quantitative estimate of drug-likeness (QED) is 0.856. The second-order valence-corrected chi connectivity index (χ2v) is 4.98. The molecule has 1 atom stereocenters. The van der Waals surface area contributed by atoms with Crippen LogP contribution in [0.25, 0.3) is 11.4 Å². The van der Waals surface area contributed by atoms with Gasteiger partial charge in [-0.3, -0.25) is 0 Å². The van der Waals surface area contributed by atoms with Crippen LogP contribution in [-0.2, 0) is 6.42 Å². The largest absolute Gasteiger partial charge is 0.324 e. The second-order valence-electron chi connectivity index (χ2n) is 4.57. The SMILES string of the molecule is NC1CCCc2nc(-c3ccccc3Cl)ncc21. The van der Waals surface area contributed by atoms with Crippen LogP contribution >= 0.6 is 11.6 Å². The van der Waals surface area contributed by atoms with Crippen molar-refractivity contribution in [2.45, 2.75) is 25.3 Å². The summed E-state index contributed by atoms with van der Waals surface area (Å²) in [5.74, 6) is 0.688. The number of hydrogen-bond donors (Lipinski definition) is 1. The summed E-state index contributed by atoms with van der Waals surface area (Å²) in [6.45, 7) is 0. The van der Waals surface area contributed by atoms with Crippen molar-refractivity contribution in [1.29, 1.82) is 0 Å². The Morgan fingerprint density at radius 2 is 2.11 bits per heavy atom. The Bertz CT molecular complexity index is 583. The Hall–Kier alpha value is -1.45. The third kappa shape index (κ3) is 2.00. The molecule has 3 rings (SSSR count). The minimum atomic E-state index is 0.0778. The fraction of sp³-hybridized carbons (Fsp3) is 0.286. The van der Waals surface area contributed by atoms with E-state index in [0.29, 0.717) is 10.8 Å². The third-order valence-electron chi connectivity index (χ3n) is 3.34. The Balaban J connectivity index is 2.08. The van der Waals surface area contributed by atoms with E-state index in [1.54, 1.807) is 0 Å². The number of aryl methyl sites for hydroxylation is 1. The lowest BCUT2D eigenvalue weighted by Crippen LogP contribution is -2.19. The number of hydrogen-bond acceptors (Lipinski definition) is 3. The van der Waals surface area contributed by atoms with Gasteiger partial charge >= 0.3 is 0 Å². The molecule has 2 aromatic rings. The molecule has 0 fully saturated rings. The van der Waals surface area contributed by atoms with Crippen molar-refractivity contribution >= 4 is 11.6 Å². The molecule has 4 heteroatoms. The number of nitrogens with two attached hydrogens (primary N) is 1. The normalized spacial score (nSPS) is 18.4. The Morgan fingerprint density at radius 1 is 1.28 bits per heavy atom. The molecule has 0 bridgehead atoms. The van der Waals surface area contributed by atoms with Crippen LogP contribution in [0.15, 0.2) is 30.5 Å². The average Bonchev–Trinajstić information content (AvgIpc) is 2.39. The molecule has 2 N–H and O–H groups in total. The van der Waals surface area contributed by atoms with Crippen molar-refractivity contribution in [3.63, 3.8) is 0 Å². The highest BCUT2D eigenvalue weighted by atomic mass is 35.5. The number of aromatic nitrogens is 2. The molecule has 1 heterocycles. The second kappa shape index (κ2) is 4.67. The predicted molar refractivity (Wildman–Crippen MR) is 72.3 cm³/mol. The summed E-state index contributed by atoms with van der Waals surface area (Å²) < 4.78 is 0. The van der Waals surface area contributed by atoms with Gasteiger partial charge in [-0.05, 0) is 31.4 Å². The van der Waals surface area contributed by atoms with Crippen molar-refractivity contribution < 1.29 is 0 Å². The molecule has 3 nitrogen and oxygen atoms in total. The van der Waals surface area contributed by atoms with Gasteiger partial charge in [-0.15, -0.1) is 0 Å². The van der Waals surface area contributed by atoms with Crippen LogP contribution in [0.2, 0.25) is 5.02 Å². The van der Waals surface area contributed by atoms with Crippen LogP contribution in [0.3, 0.4) is 0 Å². The van der Waals surface area contributed by atoms with E-state index >= 15 is 0 Å². The lowest BCUT2D eigenvalue weighted by Gasteiger charge is -2.21. The molecule has 0 spiro atoms. The van der Waals surface area contributed by atoms with Crippen molar-refractivity contribution in [2.24, 2.45) is 5.73 Å². The fourth-order valence-corrected chi connectivity index (χ4v) is 2.57. The molecule has 1 aliphatic rings. The highest BCUT2D eigenvalue weighted by Crippen LogP contribution is 2.29. The van der Waals surface area contributed by atoms with Crippen molar-refractivity contribution in [1.82, 2.24) is 9.97 Å². The first-order chi connectivity index (χ1) is 8.75. The summed E-state index contributed by atoms with van der Waals surface area (Å²) in [5.41, 5.74) is 9.08. The number of benzene rings is 1. The maximum absolute atomic E-state index is 6.17. The van der Waals surface area contributed by atoms with Crippen LogP contribution in [-0.4, -0.2) is 9.97 Å². The predicted octanol–water partition coefficient (Wildman–Crippen LogP) is 3.13. The molecule has 92 valence electrons. The molecular weight excluding hydrogens is 246 g/mol. The Kier molecular flexibility index (Phi) is 3.02. The van der Waals surface area contributed by atoms with Crippen molar-refractivity contribution in [3.8, 4) is 11.4 Å². The minimum Gasteiger partial charge on any atom is -0.324 e. The van der Waals surface area contributed by atoms with Gasteiger partial charge in [0.15, 0.2) is 5.82 Å². The van der Waals surface area contributed by atoms with Gasteiger partial charge in [0, 0.05) is 29.1 Å². The number of fused-ring (bicyclic) bond motifs is 1. The van der Waals surface area contributed by atoms with Crippen LogP contribution in [0, 0.1) is 0 Å². The van der Waals surface area contributed by atoms with E-state index in [9.17, 15) is 0 Å². The highest BCUT2D eigenvalue weighted by Gasteiger charge is 2.19. The van der Waals surface area contributed by atoms with Crippen LogP contribution < -0.4 is 5.73 Å². The maximum atomic E-state index is 6.17. The third-order valence-corrected chi connectivity index (χ3v) is 3.67. The zero-order valence-electron chi connectivity index (χ0n) is 9.94. The zero-order valence-corrected chi connectivity index (χ0v) is 10.7. The van der Waals surface area contributed by atoms with Gasteiger partial charge in [-0.2, -0.15) is 0 Å². The molecule has 0 saturated carbocycles. The van der Waals surface area contributed by atoms with Gasteiger partial charge in [0.25, 0.3) is 0 Å². The maximum Gasteiger partial charge on any atom is 0.160 e. The summed E-state index contributed by atoms with van der Waals surface area (Å²) in [5, 5.41) is 0.678. The van der Waals surface area contributed by atoms with Crippen LogP contribution in [0.1, 0.15) is 30.1 Å². The smallest absolute Gasteiger partial charge is 0.160 e. The van der Waals surface area contributed by atoms with Gasteiger partial charge in [0.05, 0.1) is 5.02 Å². The fourth-order valence-electron chi connectivity index (χ4n) is 2.35. The van der Waals surface area contributed by atoms with E-state index in [1.165, 1.54) is 0 Å². The molecule has 0 radical (unpaired) electrons. The topological polar surface area (TPSA) is 51.8 Å². The zero-order chi connectivity index (χ0) is 12.5. The number of nitrogens with zero attached hydrogens (tertiary/aromatic N) is 2. The summed E-state index contributed by atoms with van der Waals surface area (Å²) >= 11 is 6.17. The van der Waals surface area contributed by atoms with E-state index < -0.39 is 0 Å². The molecule has 0 saturated heterocycles. The summed E-state index contributed by atoms with van der Waals surface area (Å²) in [7, 11) is 0. The Labute approximate surface area is 111 Å².